The maximum absolute atomic E-state index is 13.8. The number of benzene rings is 2. The predicted octanol–water partition coefficient (Wildman–Crippen LogP) is 4.16. The van der Waals surface area contributed by atoms with Crippen molar-refractivity contribution in [3.8, 4) is 12.3 Å². The molecule has 2 aromatic carbocycles. The fraction of sp³-hybridized carbons (Fsp3) is 0.286. The van der Waals surface area contributed by atoms with E-state index in [2.05, 4.69) is 5.92 Å². The molecule has 2 atom stereocenters. The molecule has 3 nitrogen and oxygen atoms in total. The van der Waals surface area contributed by atoms with E-state index in [1.54, 1.807) is 17.0 Å². The Hall–Kier alpha value is -2.78. The Balaban J connectivity index is 2.08. The SMILES string of the molecule is C#CCO[C@@H](c1ccc(F)c(F)c1)[C@@H](c1ccc(F)cc1)N1CCCC1=O. The molecule has 1 aliphatic heterocycles. The summed E-state index contributed by atoms with van der Waals surface area (Å²) < 4.78 is 46.4. The molecule has 1 heterocycles. The van der Waals surface area contributed by atoms with Crippen molar-refractivity contribution in [2.45, 2.75) is 25.0 Å². The molecule has 1 saturated heterocycles. The van der Waals surface area contributed by atoms with Crippen molar-refractivity contribution in [2.24, 2.45) is 0 Å². The Morgan fingerprint density at radius 3 is 2.37 bits per heavy atom. The summed E-state index contributed by atoms with van der Waals surface area (Å²) in [6.07, 6.45) is 5.54. The van der Waals surface area contributed by atoms with Crippen LogP contribution in [-0.4, -0.2) is 24.0 Å². The zero-order chi connectivity index (χ0) is 19.4. The zero-order valence-corrected chi connectivity index (χ0v) is 14.5. The summed E-state index contributed by atoms with van der Waals surface area (Å²) in [5, 5.41) is 0. The molecule has 0 bridgehead atoms. The Morgan fingerprint density at radius 1 is 1.07 bits per heavy atom. The van der Waals surface area contributed by atoms with Gasteiger partial charge in [0.25, 0.3) is 0 Å². The number of nitrogens with zero attached hydrogens (tertiary/aromatic N) is 1. The normalized spacial score (nSPS) is 16.2. The molecule has 1 aliphatic rings. The second kappa shape index (κ2) is 8.28. The lowest BCUT2D eigenvalue weighted by molar-refractivity contribution is -0.133. The fourth-order valence-electron chi connectivity index (χ4n) is 3.34. The molecule has 0 saturated carbocycles. The first kappa shape index (κ1) is 19.0. The smallest absolute Gasteiger partial charge is 0.223 e. The van der Waals surface area contributed by atoms with E-state index in [0.717, 1.165) is 12.1 Å². The number of rotatable bonds is 6. The number of ether oxygens (including phenoxy) is 1. The van der Waals surface area contributed by atoms with Crippen LogP contribution in [0.1, 0.15) is 36.1 Å². The highest BCUT2D eigenvalue weighted by atomic mass is 19.2. The van der Waals surface area contributed by atoms with Crippen LogP contribution in [0.25, 0.3) is 0 Å². The fourth-order valence-corrected chi connectivity index (χ4v) is 3.34. The van der Waals surface area contributed by atoms with Crippen LogP contribution in [-0.2, 0) is 9.53 Å². The van der Waals surface area contributed by atoms with E-state index >= 15 is 0 Å². The van der Waals surface area contributed by atoms with Crippen LogP contribution in [0.2, 0.25) is 0 Å². The minimum atomic E-state index is -1.02. The summed E-state index contributed by atoms with van der Waals surface area (Å²) in [5.74, 6) is -0.144. The third-order valence-corrected chi connectivity index (χ3v) is 4.56. The number of hydrogen-bond donors (Lipinski definition) is 0. The summed E-state index contributed by atoms with van der Waals surface area (Å²) in [6.45, 7) is 0.407. The van der Waals surface area contributed by atoms with Gasteiger partial charge in [0.15, 0.2) is 11.6 Å². The average molecular weight is 373 g/mol. The van der Waals surface area contributed by atoms with Crippen LogP contribution in [0.3, 0.4) is 0 Å². The van der Waals surface area contributed by atoms with Gasteiger partial charge in [0, 0.05) is 13.0 Å². The van der Waals surface area contributed by atoms with E-state index in [4.69, 9.17) is 11.2 Å². The first-order valence-corrected chi connectivity index (χ1v) is 8.56. The number of amides is 1. The molecular weight excluding hydrogens is 355 g/mol. The van der Waals surface area contributed by atoms with Gasteiger partial charge in [-0.2, -0.15) is 0 Å². The molecular formula is C21H18F3NO2. The number of halogens is 3. The number of carbonyl (C=O) groups excluding carboxylic acids is 1. The van der Waals surface area contributed by atoms with Crippen LogP contribution in [0.4, 0.5) is 13.2 Å². The van der Waals surface area contributed by atoms with E-state index in [-0.39, 0.29) is 12.5 Å². The third-order valence-electron chi connectivity index (χ3n) is 4.56. The Bertz CT molecular complexity index is 861. The van der Waals surface area contributed by atoms with E-state index in [9.17, 15) is 18.0 Å². The molecule has 140 valence electrons. The van der Waals surface area contributed by atoms with Gasteiger partial charge in [0.2, 0.25) is 5.91 Å². The van der Waals surface area contributed by atoms with Crippen LogP contribution in [0.15, 0.2) is 42.5 Å². The summed E-state index contributed by atoms with van der Waals surface area (Å²) >= 11 is 0. The molecule has 0 aliphatic carbocycles. The van der Waals surface area contributed by atoms with Gasteiger partial charge in [0.05, 0.1) is 6.04 Å². The van der Waals surface area contributed by atoms with Crippen LogP contribution >= 0.6 is 0 Å². The highest BCUT2D eigenvalue weighted by Gasteiger charge is 2.36. The monoisotopic (exact) mass is 373 g/mol. The standard InChI is InChI=1S/C21H18F3NO2/c1-2-12-27-21(15-7-10-17(23)18(24)13-15)20(25-11-3-4-19(25)26)14-5-8-16(22)9-6-14/h1,5-10,13,20-21H,3-4,11-12H2/t20-,21+/m1/s1. The first-order chi connectivity index (χ1) is 13.0. The number of likely N-dealkylation sites (tertiary alicyclic amines) is 1. The number of hydrogen-bond acceptors (Lipinski definition) is 2. The van der Waals surface area contributed by atoms with Gasteiger partial charge in [-0.15, -0.1) is 6.42 Å². The van der Waals surface area contributed by atoms with Crippen molar-refractivity contribution in [3.63, 3.8) is 0 Å². The van der Waals surface area contributed by atoms with Crippen molar-refractivity contribution in [3.05, 3.63) is 71.0 Å². The molecule has 27 heavy (non-hydrogen) atoms. The topological polar surface area (TPSA) is 29.5 Å². The first-order valence-electron chi connectivity index (χ1n) is 8.56. The summed E-state index contributed by atoms with van der Waals surface area (Å²) in [5.41, 5.74) is 0.969. The Kier molecular flexibility index (Phi) is 5.82. The van der Waals surface area contributed by atoms with Crippen molar-refractivity contribution < 1.29 is 22.7 Å². The molecule has 0 aromatic heterocycles. The summed E-state index contributed by atoms with van der Waals surface area (Å²) in [4.78, 5) is 14.0. The lowest BCUT2D eigenvalue weighted by Crippen LogP contribution is -2.35. The minimum absolute atomic E-state index is 0.0800. The lowest BCUT2D eigenvalue weighted by Gasteiger charge is -2.35. The van der Waals surface area contributed by atoms with Gasteiger partial charge in [-0.25, -0.2) is 13.2 Å². The molecule has 2 aromatic rings. The molecule has 1 amide bonds. The second-order valence-corrected chi connectivity index (χ2v) is 6.30. The quantitative estimate of drug-likeness (QED) is 0.712. The van der Waals surface area contributed by atoms with Crippen molar-refractivity contribution in [1.82, 2.24) is 4.90 Å². The predicted molar refractivity (Wildman–Crippen MR) is 94.0 cm³/mol. The molecule has 0 radical (unpaired) electrons. The third kappa shape index (κ3) is 4.15. The molecule has 0 unspecified atom stereocenters. The van der Waals surface area contributed by atoms with Crippen LogP contribution < -0.4 is 0 Å². The molecule has 0 N–H and O–H groups in total. The van der Waals surface area contributed by atoms with Crippen molar-refractivity contribution >= 4 is 5.91 Å². The summed E-state index contributed by atoms with van der Waals surface area (Å²) in [7, 11) is 0. The van der Waals surface area contributed by atoms with Gasteiger partial charge in [-0.3, -0.25) is 4.79 Å². The van der Waals surface area contributed by atoms with Gasteiger partial charge in [-0.1, -0.05) is 24.1 Å². The molecule has 0 spiro atoms. The highest BCUT2D eigenvalue weighted by Crippen LogP contribution is 2.39. The van der Waals surface area contributed by atoms with E-state index in [1.165, 1.54) is 18.2 Å². The van der Waals surface area contributed by atoms with E-state index in [0.29, 0.717) is 30.5 Å². The maximum atomic E-state index is 13.8. The van der Waals surface area contributed by atoms with Crippen molar-refractivity contribution in [2.75, 3.05) is 13.2 Å². The average Bonchev–Trinajstić information content (AvgIpc) is 3.08. The van der Waals surface area contributed by atoms with E-state index < -0.39 is 29.6 Å². The highest BCUT2D eigenvalue weighted by molar-refractivity contribution is 5.78. The minimum Gasteiger partial charge on any atom is -0.358 e. The lowest BCUT2D eigenvalue weighted by atomic mass is 9.94. The van der Waals surface area contributed by atoms with Gasteiger partial charge in [-0.05, 0) is 41.8 Å². The van der Waals surface area contributed by atoms with Gasteiger partial charge >= 0.3 is 0 Å². The van der Waals surface area contributed by atoms with Gasteiger partial charge in [0.1, 0.15) is 18.5 Å². The van der Waals surface area contributed by atoms with Crippen LogP contribution in [0, 0.1) is 29.8 Å². The zero-order valence-electron chi connectivity index (χ0n) is 14.5. The summed E-state index contributed by atoms with van der Waals surface area (Å²) in [6, 6.07) is 8.47. The molecule has 1 fully saturated rings. The van der Waals surface area contributed by atoms with Crippen LogP contribution in [0.5, 0.6) is 0 Å². The molecule has 3 rings (SSSR count). The Labute approximate surface area is 155 Å². The number of terminal acetylenes is 1. The Morgan fingerprint density at radius 2 is 1.78 bits per heavy atom. The van der Waals surface area contributed by atoms with Gasteiger partial charge < -0.3 is 9.64 Å². The maximum Gasteiger partial charge on any atom is 0.223 e. The largest absolute Gasteiger partial charge is 0.358 e. The molecule has 6 heteroatoms. The van der Waals surface area contributed by atoms with E-state index in [1.807, 2.05) is 0 Å². The van der Waals surface area contributed by atoms with Crippen molar-refractivity contribution in [1.29, 1.82) is 0 Å². The second-order valence-electron chi connectivity index (χ2n) is 6.30. The number of carbonyl (C=O) groups is 1.